The molecule has 0 radical (unpaired) electrons. The Labute approximate surface area is 200 Å². The first-order chi connectivity index (χ1) is 14.2. The summed E-state index contributed by atoms with van der Waals surface area (Å²) >= 11 is 0. The number of unbranched alkanes of at least 4 members (excludes halogenated alkanes) is 9. The first kappa shape index (κ1) is 26.7. The molecule has 0 aromatic carbocycles. The third-order valence-electron chi connectivity index (χ3n) is 9.33. The summed E-state index contributed by atoms with van der Waals surface area (Å²) in [6, 6.07) is 0. The highest BCUT2D eigenvalue weighted by atomic mass is 79.9. The van der Waals surface area contributed by atoms with Gasteiger partial charge in [-0.05, 0) is 75.5 Å². The van der Waals surface area contributed by atoms with E-state index < -0.39 is 0 Å². The van der Waals surface area contributed by atoms with Gasteiger partial charge in [-0.1, -0.05) is 59.3 Å². The molecule has 4 saturated carbocycles. The van der Waals surface area contributed by atoms with Gasteiger partial charge in [0.25, 0.3) is 0 Å². The zero-order valence-electron chi connectivity index (χ0n) is 20.9. The lowest BCUT2D eigenvalue weighted by atomic mass is 9.51. The van der Waals surface area contributed by atoms with Crippen molar-refractivity contribution in [3.63, 3.8) is 0 Å². The molecule has 0 aromatic heterocycles. The van der Waals surface area contributed by atoms with E-state index in [1.807, 2.05) is 0 Å². The zero-order valence-corrected chi connectivity index (χ0v) is 22.5. The molecule has 0 spiro atoms. The highest BCUT2D eigenvalue weighted by Gasteiger charge is 2.60. The average molecular weight is 485 g/mol. The van der Waals surface area contributed by atoms with E-state index in [0.717, 1.165) is 17.8 Å². The molecule has 4 aliphatic rings. The minimum Gasteiger partial charge on any atom is -1.00 e. The van der Waals surface area contributed by atoms with Crippen molar-refractivity contribution in [3.8, 4) is 0 Å². The standard InChI is InChI=1S/C28H54N.BrH/c1-4-7-10-13-16-29(17-14-11-8-5-2,18-15-12-9-6-3)28-22-25-19-26(23-28)21-27(20-25)24-28;/h25-27H,4-24H2,1-3H3;1H/q+1;/p-1. The third kappa shape index (κ3) is 6.49. The maximum absolute atomic E-state index is 2.37. The van der Waals surface area contributed by atoms with Gasteiger partial charge in [0, 0.05) is 19.3 Å². The summed E-state index contributed by atoms with van der Waals surface area (Å²) in [4.78, 5) is 0. The topological polar surface area (TPSA) is 0 Å². The predicted molar refractivity (Wildman–Crippen MR) is 128 cm³/mol. The number of rotatable bonds is 16. The molecule has 0 unspecified atom stereocenters. The van der Waals surface area contributed by atoms with Crippen molar-refractivity contribution in [1.29, 1.82) is 0 Å². The van der Waals surface area contributed by atoms with Crippen LogP contribution in [-0.2, 0) is 0 Å². The molecule has 0 aromatic rings. The smallest absolute Gasteiger partial charge is 0.100 e. The lowest BCUT2D eigenvalue weighted by Gasteiger charge is -2.64. The molecule has 0 N–H and O–H groups in total. The second-order valence-electron chi connectivity index (χ2n) is 11.6. The van der Waals surface area contributed by atoms with Crippen LogP contribution in [0.5, 0.6) is 0 Å². The van der Waals surface area contributed by atoms with Gasteiger partial charge in [-0.15, -0.1) is 0 Å². The van der Waals surface area contributed by atoms with Crippen molar-refractivity contribution in [2.24, 2.45) is 17.8 Å². The third-order valence-corrected chi connectivity index (χ3v) is 9.33. The van der Waals surface area contributed by atoms with Crippen LogP contribution in [0.4, 0.5) is 0 Å². The van der Waals surface area contributed by atoms with Crippen molar-refractivity contribution in [2.75, 3.05) is 19.6 Å². The monoisotopic (exact) mass is 483 g/mol. The van der Waals surface area contributed by atoms with Gasteiger partial charge in [0.05, 0.1) is 19.6 Å². The van der Waals surface area contributed by atoms with Gasteiger partial charge >= 0.3 is 0 Å². The summed E-state index contributed by atoms with van der Waals surface area (Å²) in [5.74, 6) is 3.29. The van der Waals surface area contributed by atoms with Crippen LogP contribution in [-0.4, -0.2) is 29.7 Å². The fourth-order valence-electron chi connectivity index (χ4n) is 8.22. The van der Waals surface area contributed by atoms with E-state index in [1.165, 1.54) is 96.7 Å². The molecule has 0 atom stereocenters. The summed E-state index contributed by atoms with van der Waals surface area (Å²) in [6.45, 7) is 11.7. The molecule has 0 saturated heterocycles. The molecule has 4 rings (SSSR count). The molecule has 0 aliphatic heterocycles. The second-order valence-corrected chi connectivity index (χ2v) is 11.6. The van der Waals surface area contributed by atoms with Crippen LogP contribution in [0.2, 0.25) is 0 Å². The fourth-order valence-corrected chi connectivity index (χ4v) is 8.22. The molecule has 30 heavy (non-hydrogen) atoms. The van der Waals surface area contributed by atoms with Crippen molar-refractivity contribution in [3.05, 3.63) is 0 Å². The van der Waals surface area contributed by atoms with Crippen molar-refractivity contribution in [2.45, 2.75) is 142 Å². The number of halogens is 1. The maximum atomic E-state index is 2.37. The van der Waals surface area contributed by atoms with E-state index in [0.29, 0.717) is 5.54 Å². The second kappa shape index (κ2) is 13.2. The molecule has 0 amide bonds. The SMILES string of the molecule is CCCCCC[N+](CCCCCC)(CCCCCC)C12CC3CC(CC(C3)C1)C2.[Br-]. The van der Waals surface area contributed by atoms with Gasteiger partial charge in [0.1, 0.15) is 5.54 Å². The largest absolute Gasteiger partial charge is 1.00 e. The van der Waals surface area contributed by atoms with Crippen LogP contribution in [0.15, 0.2) is 0 Å². The molecule has 1 nitrogen and oxygen atoms in total. The molecule has 4 aliphatic carbocycles. The fraction of sp³-hybridized carbons (Fsp3) is 1.00. The summed E-state index contributed by atoms with van der Waals surface area (Å²) in [6.07, 6.45) is 27.0. The van der Waals surface area contributed by atoms with Crippen molar-refractivity contribution < 1.29 is 21.5 Å². The summed E-state index contributed by atoms with van der Waals surface area (Å²) < 4.78 is 1.56. The Balaban J connectivity index is 0.00000320. The molecule has 2 heteroatoms. The summed E-state index contributed by atoms with van der Waals surface area (Å²) in [5, 5.41) is 0. The Morgan fingerprint density at radius 1 is 0.533 bits per heavy atom. The zero-order chi connectivity index (χ0) is 20.6. The van der Waals surface area contributed by atoms with E-state index in [4.69, 9.17) is 0 Å². The van der Waals surface area contributed by atoms with Crippen molar-refractivity contribution >= 4 is 0 Å². The Hall–Kier alpha value is 0.440. The van der Waals surface area contributed by atoms with Gasteiger partial charge in [0.15, 0.2) is 0 Å². The first-order valence-electron chi connectivity index (χ1n) is 14.0. The first-order valence-corrected chi connectivity index (χ1v) is 14.0. The van der Waals surface area contributed by atoms with Gasteiger partial charge in [-0.25, -0.2) is 0 Å². The van der Waals surface area contributed by atoms with E-state index in [-0.39, 0.29) is 17.0 Å². The lowest BCUT2D eigenvalue weighted by Crippen LogP contribution is -3.00. The summed E-state index contributed by atoms with van der Waals surface area (Å²) in [7, 11) is 0. The van der Waals surface area contributed by atoms with E-state index >= 15 is 0 Å². The van der Waals surface area contributed by atoms with Crippen molar-refractivity contribution in [1.82, 2.24) is 0 Å². The van der Waals surface area contributed by atoms with Crippen LogP contribution in [0, 0.1) is 17.8 Å². The van der Waals surface area contributed by atoms with Crippen LogP contribution >= 0.6 is 0 Å². The normalized spacial score (nSPS) is 29.9. The molecular weight excluding hydrogens is 430 g/mol. The van der Waals surface area contributed by atoms with Crippen LogP contribution in [0.3, 0.4) is 0 Å². The molecule has 4 fully saturated rings. The quantitative estimate of drug-likeness (QED) is 0.200. The summed E-state index contributed by atoms with van der Waals surface area (Å²) in [5.41, 5.74) is 0.694. The molecule has 4 bridgehead atoms. The van der Waals surface area contributed by atoms with E-state index in [9.17, 15) is 0 Å². The maximum Gasteiger partial charge on any atom is 0.100 e. The average Bonchev–Trinajstić information content (AvgIpc) is 2.70. The Bertz CT molecular complexity index is 393. The number of hydrogen-bond acceptors (Lipinski definition) is 0. The molecule has 178 valence electrons. The highest BCUT2D eigenvalue weighted by Crippen LogP contribution is 2.60. The van der Waals surface area contributed by atoms with Crippen LogP contribution in [0.1, 0.15) is 136 Å². The Kier molecular flexibility index (Phi) is 11.8. The number of nitrogens with zero attached hydrogens (tertiary/aromatic N) is 1. The minimum atomic E-state index is 0. The highest BCUT2D eigenvalue weighted by molar-refractivity contribution is 5.03. The molecule has 0 heterocycles. The van der Waals surface area contributed by atoms with Gasteiger partial charge in [-0.3, -0.25) is 0 Å². The Morgan fingerprint density at radius 3 is 1.17 bits per heavy atom. The van der Waals surface area contributed by atoms with Crippen LogP contribution in [0.25, 0.3) is 0 Å². The minimum absolute atomic E-state index is 0. The number of quaternary nitrogens is 1. The van der Waals surface area contributed by atoms with Gasteiger partial charge < -0.3 is 21.5 Å². The Morgan fingerprint density at radius 2 is 0.867 bits per heavy atom. The molecular formula is C28H54BrN. The lowest BCUT2D eigenvalue weighted by molar-refractivity contribution is -0.982. The van der Waals surface area contributed by atoms with E-state index in [2.05, 4.69) is 20.8 Å². The van der Waals surface area contributed by atoms with Crippen LogP contribution < -0.4 is 17.0 Å². The predicted octanol–water partition coefficient (Wildman–Crippen LogP) is 5.52. The van der Waals surface area contributed by atoms with Gasteiger partial charge in [-0.2, -0.15) is 0 Å². The van der Waals surface area contributed by atoms with Gasteiger partial charge in [0.2, 0.25) is 0 Å². The van der Waals surface area contributed by atoms with E-state index in [1.54, 1.807) is 43.0 Å². The number of hydrogen-bond donors (Lipinski definition) is 0.